The van der Waals surface area contributed by atoms with E-state index in [9.17, 15) is 0 Å². The summed E-state index contributed by atoms with van der Waals surface area (Å²) in [6.07, 6.45) is 1.80. The van der Waals surface area contributed by atoms with Crippen molar-refractivity contribution in [2.45, 2.75) is 13.5 Å². The van der Waals surface area contributed by atoms with Gasteiger partial charge in [0.2, 0.25) is 0 Å². The van der Waals surface area contributed by atoms with Crippen molar-refractivity contribution in [3.8, 4) is 5.88 Å². The number of rotatable bonds is 1. The van der Waals surface area contributed by atoms with Gasteiger partial charge in [-0.05, 0) is 0 Å². The number of nitrogens with zero attached hydrogens (tertiary/aromatic N) is 1. The fraction of sp³-hybridized carbons (Fsp3) is 0.154. The third-order valence-electron chi connectivity index (χ3n) is 2.86. The molecular weight excluding hydrogens is 265 g/mol. The molecule has 0 amide bonds. The fourth-order valence-corrected chi connectivity index (χ4v) is 4.59. The number of benzene rings is 1. The van der Waals surface area contributed by atoms with Gasteiger partial charge in [-0.1, -0.05) is 0 Å². The first-order valence-corrected chi connectivity index (χ1v) is 8.84. The molecule has 5 heteroatoms. The monoisotopic (exact) mass is 279 g/mol. The molecule has 94 valence electrons. The Morgan fingerprint density at radius 2 is 2.06 bits per heavy atom. The van der Waals surface area contributed by atoms with Crippen LogP contribution in [0.1, 0.15) is 11.1 Å². The van der Waals surface area contributed by atoms with Crippen LogP contribution in [0, 0.1) is 6.92 Å². The van der Waals surface area contributed by atoms with Crippen LogP contribution in [0.15, 0.2) is 42.6 Å². The summed E-state index contributed by atoms with van der Waals surface area (Å²) < 4.78 is 11.8. The molecule has 18 heavy (non-hydrogen) atoms. The Balaban J connectivity index is 1.97. The van der Waals surface area contributed by atoms with Crippen LogP contribution in [0.5, 0.6) is 5.88 Å². The van der Waals surface area contributed by atoms with E-state index in [2.05, 4.69) is 17.2 Å². The minimum atomic E-state index is -2.65. The zero-order valence-electron chi connectivity index (χ0n) is 9.96. The van der Waals surface area contributed by atoms with E-state index in [1.54, 1.807) is 6.20 Å². The molecule has 0 spiro atoms. The second-order valence-corrected chi connectivity index (χ2v) is 8.32. The Labute approximate surface area is 112 Å². The second-order valence-electron chi connectivity index (χ2n) is 4.32. The van der Waals surface area contributed by atoms with Gasteiger partial charge in [-0.25, -0.2) is 0 Å². The van der Waals surface area contributed by atoms with Crippen molar-refractivity contribution in [3.63, 3.8) is 0 Å². The summed E-state index contributed by atoms with van der Waals surface area (Å²) in [5, 5.41) is 1.00. The quantitative estimate of drug-likeness (QED) is 0.643. The van der Waals surface area contributed by atoms with Gasteiger partial charge >= 0.3 is 112 Å². The van der Waals surface area contributed by atoms with Crippen LogP contribution < -0.4 is 9.83 Å². The Morgan fingerprint density at radius 3 is 2.83 bits per heavy atom. The SMILES string of the molecule is Cc1cnc2c(c1)CO[PH](S)(c1ccccc1)O2. The van der Waals surface area contributed by atoms with Crippen LogP contribution in [0.25, 0.3) is 0 Å². The van der Waals surface area contributed by atoms with E-state index in [4.69, 9.17) is 9.05 Å². The van der Waals surface area contributed by atoms with Crippen LogP contribution in [0.2, 0.25) is 0 Å². The molecule has 3 rings (SSSR count). The van der Waals surface area contributed by atoms with E-state index >= 15 is 0 Å². The number of fused-ring (bicyclic) bond motifs is 1. The van der Waals surface area contributed by atoms with Crippen LogP contribution in [0.4, 0.5) is 0 Å². The molecular formula is C13H14NO2PS. The van der Waals surface area contributed by atoms with Gasteiger partial charge in [0.1, 0.15) is 0 Å². The van der Waals surface area contributed by atoms with E-state index in [1.807, 2.05) is 43.3 Å². The van der Waals surface area contributed by atoms with Crippen LogP contribution in [-0.2, 0) is 11.1 Å². The van der Waals surface area contributed by atoms with E-state index < -0.39 is 6.92 Å². The molecule has 1 aromatic heterocycles. The van der Waals surface area contributed by atoms with Crippen molar-refractivity contribution in [2.75, 3.05) is 0 Å². The average molecular weight is 279 g/mol. The van der Waals surface area contributed by atoms with Crippen molar-refractivity contribution in [3.05, 3.63) is 53.7 Å². The molecule has 1 aliphatic heterocycles. The van der Waals surface area contributed by atoms with E-state index in [1.165, 1.54) is 0 Å². The Kier molecular flexibility index (Phi) is 3.02. The van der Waals surface area contributed by atoms with Gasteiger partial charge in [0, 0.05) is 0 Å². The first kappa shape index (κ1) is 12.0. The van der Waals surface area contributed by atoms with Crippen LogP contribution >= 0.6 is 19.2 Å². The van der Waals surface area contributed by atoms with Crippen molar-refractivity contribution in [2.24, 2.45) is 0 Å². The first-order valence-electron chi connectivity index (χ1n) is 5.74. The van der Waals surface area contributed by atoms with Gasteiger partial charge in [-0.2, -0.15) is 0 Å². The normalized spacial score (nSPS) is 18.6. The number of hydrogen-bond acceptors (Lipinski definition) is 4. The molecule has 3 nitrogen and oxygen atoms in total. The Morgan fingerprint density at radius 1 is 1.28 bits per heavy atom. The minimum absolute atomic E-state index is 0.509. The second kappa shape index (κ2) is 4.54. The van der Waals surface area contributed by atoms with Crippen molar-refractivity contribution in [1.82, 2.24) is 4.98 Å². The molecule has 0 fully saturated rings. The van der Waals surface area contributed by atoms with Gasteiger partial charge in [-0.3, -0.25) is 0 Å². The maximum absolute atomic E-state index is 5.93. The van der Waals surface area contributed by atoms with Crippen molar-refractivity contribution < 1.29 is 9.05 Å². The molecule has 0 saturated heterocycles. The molecule has 2 aromatic rings. The van der Waals surface area contributed by atoms with Crippen molar-refractivity contribution >= 4 is 24.5 Å². The van der Waals surface area contributed by atoms with E-state index in [0.29, 0.717) is 12.5 Å². The Hall–Kier alpha value is -1.09. The van der Waals surface area contributed by atoms with Gasteiger partial charge < -0.3 is 0 Å². The summed E-state index contributed by atoms with van der Waals surface area (Å²) >= 11 is 4.64. The molecule has 0 unspecified atom stereocenters. The number of aryl methyl sites for hydroxylation is 1. The van der Waals surface area contributed by atoms with E-state index in [0.717, 1.165) is 16.4 Å². The number of aromatic nitrogens is 1. The molecule has 1 aliphatic rings. The van der Waals surface area contributed by atoms with E-state index in [-0.39, 0.29) is 0 Å². The average Bonchev–Trinajstić information content (AvgIpc) is 2.40. The van der Waals surface area contributed by atoms with Crippen LogP contribution in [-0.4, -0.2) is 4.98 Å². The summed E-state index contributed by atoms with van der Waals surface area (Å²) in [6.45, 7) is -0.136. The predicted octanol–water partition coefficient (Wildman–Crippen LogP) is 3.05. The van der Waals surface area contributed by atoms with Gasteiger partial charge in [0.25, 0.3) is 0 Å². The van der Waals surface area contributed by atoms with Gasteiger partial charge in [0.05, 0.1) is 0 Å². The molecule has 2 heterocycles. The molecule has 0 radical (unpaired) electrons. The summed E-state index contributed by atoms with van der Waals surface area (Å²) in [5.74, 6) is 0.650. The molecule has 0 N–H and O–H groups in total. The zero-order chi connectivity index (χ0) is 12.6. The first-order chi connectivity index (χ1) is 8.67. The van der Waals surface area contributed by atoms with Crippen molar-refractivity contribution in [1.29, 1.82) is 0 Å². The third-order valence-corrected chi connectivity index (χ3v) is 6.36. The van der Waals surface area contributed by atoms with Crippen LogP contribution in [0.3, 0.4) is 0 Å². The topological polar surface area (TPSA) is 31.4 Å². The van der Waals surface area contributed by atoms with Gasteiger partial charge in [0.15, 0.2) is 0 Å². The molecule has 0 aliphatic carbocycles. The summed E-state index contributed by atoms with van der Waals surface area (Å²) in [7, 11) is 0. The van der Waals surface area contributed by atoms with Gasteiger partial charge in [-0.15, -0.1) is 0 Å². The Bertz CT molecular complexity index is 578. The molecule has 0 saturated carbocycles. The summed E-state index contributed by atoms with van der Waals surface area (Å²) in [4.78, 5) is 4.32. The molecule has 1 aromatic carbocycles. The molecule has 0 atom stereocenters. The zero-order valence-corrected chi connectivity index (χ0v) is 11.9. The number of pyridine rings is 1. The summed E-state index contributed by atoms with van der Waals surface area (Å²) in [5.41, 5.74) is 2.09. The summed E-state index contributed by atoms with van der Waals surface area (Å²) in [6, 6.07) is 11.9. The fourth-order valence-electron chi connectivity index (χ4n) is 1.94. The standard InChI is InChI=1S/C13H14NO2PS/c1-10-7-11-9-15-17(18,16-13(11)14-8-10)12-5-3-2-4-6-12/h2-8,17-18H,9H2,1H3. The number of hydrogen-bond donors (Lipinski definition) is 1. The molecule has 0 bridgehead atoms. The number of thiol groups is 1. The third kappa shape index (κ3) is 2.12. The predicted molar refractivity (Wildman–Crippen MR) is 77.8 cm³/mol. The maximum atomic E-state index is 5.93.